The standard InChI is InChI=1S/C19H23NO/c1-13(2)15-5-4-6-16(11-15)20-19-10-8-14-7-9-17(21-3)12-18(14)19/h4-7,9,11-13,19-20H,8,10H2,1-3H3. The minimum Gasteiger partial charge on any atom is -0.497 e. The molecule has 2 aromatic rings. The number of ether oxygens (including phenoxy) is 1. The number of nitrogens with one attached hydrogen (secondary N) is 1. The fourth-order valence-electron chi connectivity index (χ4n) is 3.05. The molecule has 21 heavy (non-hydrogen) atoms. The highest BCUT2D eigenvalue weighted by atomic mass is 16.5. The monoisotopic (exact) mass is 281 g/mol. The van der Waals surface area contributed by atoms with Gasteiger partial charge in [-0.05, 0) is 59.7 Å². The Morgan fingerprint density at radius 3 is 2.76 bits per heavy atom. The van der Waals surface area contributed by atoms with Crippen LogP contribution in [-0.2, 0) is 6.42 Å². The predicted molar refractivity (Wildman–Crippen MR) is 88.2 cm³/mol. The van der Waals surface area contributed by atoms with Gasteiger partial charge >= 0.3 is 0 Å². The molecule has 0 bridgehead atoms. The third kappa shape index (κ3) is 2.90. The maximum Gasteiger partial charge on any atom is 0.119 e. The average molecular weight is 281 g/mol. The molecule has 0 spiro atoms. The zero-order valence-corrected chi connectivity index (χ0v) is 13.0. The Morgan fingerprint density at radius 2 is 2.00 bits per heavy atom. The molecule has 2 heteroatoms. The number of aryl methyl sites for hydroxylation is 1. The van der Waals surface area contributed by atoms with E-state index in [1.807, 2.05) is 0 Å². The van der Waals surface area contributed by atoms with Crippen LogP contribution in [0.15, 0.2) is 42.5 Å². The molecule has 3 rings (SSSR count). The van der Waals surface area contributed by atoms with Gasteiger partial charge in [-0.2, -0.15) is 0 Å². The van der Waals surface area contributed by atoms with Gasteiger partial charge in [0.25, 0.3) is 0 Å². The van der Waals surface area contributed by atoms with Gasteiger partial charge in [0, 0.05) is 5.69 Å². The SMILES string of the molecule is COc1ccc2c(c1)C(Nc1cccc(C(C)C)c1)CC2. The van der Waals surface area contributed by atoms with Crippen LogP contribution < -0.4 is 10.1 Å². The Kier molecular flexibility index (Phi) is 3.87. The van der Waals surface area contributed by atoms with Crippen LogP contribution in [0.3, 0.4) is 0 Å². The Bertz CT molecular complexity index is 633. The highest BCUT2D eigenvalue weighted by Gasteiger charge is 2.22. The first-order valence-corrected chi connectivity index (χ1v) is 7.70. The molecule has 0 saturated heterocycles. The van der Waals surface area contributed by atoms with Gasteiger partial charge in [0.15, 0.2) is 0 Å². The van der Waals surface area contributed by atoms with E-state index in [4.69, 9.17) is 4.74 Å². The Hall–Kier alpha value is -1.96. The average Bonchev–Trinajstić information content (AvgIpc) is 2.89. The Labute approximate surface area is 127 Å². The second-order valence-electron chi connectivity index (χ2n) is 6.08. The Balaban J connectivity index is 1.83. The van der Waals surface area contributed by atoms with Crippen molar-refractivity contribution in [3.63, 3.8) is 0 Å². The third-order valence-corrected chi connectivity index (χ3v) is 4.32. The van der Waals surface area contributed by atoms with Crippen LogP contribution in [0.25, 0.3) is 0 Å². The first kappa shape index (κ1) is 14.0. The van der Waals surface area contributed by atoms with Crippen LogP contribution in [0, 0.1) is 0 Å². The van der Waals surface area contributed by atoms with Crippen LogP contribution in [0.1, 0.15) is 48.9 Å². The number of hydrogen-bond donors (Lipinski definition) is 1. The lowest BCUT2D eigenvalue weighted by molar-refractivity contribution is 0.414. The van der Waals surface area contributed by atoms with E-state index in [2.05, 4.69) is 61.6 Å². The van der Waals surface area contributed by atoms with Gasteiger partial charge in [-0.1, -0.05) is 32.0 Å². The van der Waals surface area contributed by atoms with Gasteiger partial charge in [-0.3, -0.25) is 0 Å². The molecule has 2 nitrogen and oxygen atoms in total. The van der Waals surface area contributed by atoms with Crippen LogP contribution in [0.2, 0.25) is 0 Å². The summed E-state index contributed by atoms with van der Waals surface area (Å²) in [4.78, 5) is 0. The summed E-state index contributed by atoms with van der Waals surface area (Å²) in [6.07, 6.45) is 2.29. The van der Waals surface area contributed by atoms with E-state index >= 15 is 0 Å². The van der Waals surface area contributed by atoms with E-state index in [1.54, 1.807) is 7.11 Å². The van der Waals surface area contributed by atoms with E-state index in [9.17, 15) is 0 Å². The fourth-order valence-corrected chi connectivity index (χ4v) is 3.05. The summed E-state index contributed by atoms with van der Waals surface area (Å²) in [7, 11) is 1.73. The summed E-state index contributed by atoms with van der Waals surface area (Å²) >= 11 is 0. The number of anilines is 1. The van der Waals surface area contributed by atoms with E-state index in [0.29, 0.717) is 12.0 Å². The smallest absolute Gasteiger partial charge is 0.119 e. The van der Waals surface area contributed by atoms with Gasteiger partial charge in [0.2, 0.25) is 0 Å². The molecular weight excluding hydrogens is 258 g/mol. The first-order valence-electron chi connectivity index (χ1n) is 7.70. The van der Waals surface area contributed by atoms with Gasteiger partial charge < -0.3 is 10.1 Å². The lowest BCUT2D eigenvalue weighted by atomic mass is 10.0. The first-order chi connectivity index (χ1) is 10.2. The van der Waals surface area contributed by atoms with Gasteiger partial charge in [-0.25, -0.2) is 0 Å². The van der Waals surface area contributed by atoms with Crippen LogP contribution in [0.5, 0.6) is 5.75 Å². The molecule has 1 unspecified atom stereocenters. The van der Waals surface area contributed by atoms with Crippen molar-refractivity contribution in [1.29, 1.82) is 0 Å². The molecule has 0 aliphatic heterocycles. The second kappa shape index (κ2) is 5.80. The molecule has 0 aromatic heterocycles. The molecular formula is C19H23NO. The number of benzene rings is 2. The fraction of sp³-hybridized carbons (Fsp3) is 0.368. The zero-order valence-electron chi connectivity index (χ0n) is 13.0. The minimum atomic E-state index is 0.387. The molecule has 0 saturated carbocycles. The highest BCUT2D eigenvalue weighted by molar-refractivity contribution is 5.51. The topological polar surface area (TPSA) is 21.3 Å². The highest BCUT2D eigenvalue weighted by Crippen LogP contribution is 2.36. The van der Waals surface area contributed by atoms with Crippen molar-refractivity contribution in [3.05, 3.63) is 59.2 Å². The van der Waals surface area contributed by atoms with Crippen molar-refractivity contribution in [3.8, 4) is 5.75 Å². The number of methoxy groups -OCH3 is 1. The van der Waals surface area contributed by atoms with Gasteiger partial charge in [0.1, 0.15) is 5.75 Å². The molecule has 0 amide bonds. The largest absolute Gasteiger partial charge is 0.497 e. The maximum atomic E-state index is 5.36. The molecule has 0 radical (unpaired) electrons. The van der Waals surface area contributed by atoms with Crippen molar-refractivity contribution in [2.75, 3.05) is 12.4 Å². The van der Waals surface area contributed by atoms with Crippen LogP contribution in [-0.4, -0.2) is 7.11 Å². The number of hydrogen-bond acceptors (Lipinski definition) is 2. The molecule has 1 aliphatic carbocycles. The summed E-state index contributed by atoms with van der Waals surface area (Å²) < 4.78 is 5.36. The molecule has 1 atom stereocenters. The summed E-state index contributed by atoms with van der Waals surface area (Å²) in [5.41, 5.74) is 5.41. The molecule has 2 aromatic carbocycles. The summed E-state index contributed by atoms with van der Waals surface area (Å²) in [6.45, 7) is 4.46. The summed E-state index contributed by atoms with van der Waals surface area (Å²) in [5, 5.41) is 3.69. The minimum absolute atomic E-state index is 0.387. The quantitative estimate of drug-likeness (QED) is 0.859. The van der Waals surface area contributed by atoms with Gasteiger partial charge in [0.05, 0.1) is 13.2 Å². The van der Waals surface area contributed by atoms with Crippen molar-refractivity contribution in [1.82, 2.24) is 0 Å². The maximum absolute atomic E-state index is 5.36. The molecule has 0 heterocycles. The molecule has 0 fully saturated rings. The second-order valence-corrected chi connectivity index (χ2v) is 6.08. The molecule has 110 valence electrons. The van der Waals surface area contributed by atoms with Crippen molar-refractivity contribution >= 4 is 5.69 Å². The number of rotatable bonds is 4. The Morgan fingerprint density at radius 1 is 1.14 bits per heavy atom. The summed E-state index contributed by atoms with van der Waals surface area (Å²) in [6, 6.07) is 15.6. The molecule has 1 N–H and O–H groups in total. The van der Waals surface area contributed by atoms with E-state index < -0.39 is 0 Å². The lowest BCUT2D eigenvalue weighted by Gasteiger charge is -2.17. The zero-order chi connectivity index (χ0) is 14.8. The third-order valence-electron chi connectivity index (χ3n) is 4.32. The van der Waals surface area contributed by atoms with Crippen molar-refractivity contribution < 1.29 is 4.74 Å². The van der Waals surface area contributed by atoms with Crippen LogP contribution in [0.4, 0.5) is 5.69 Å². The number of fused-ring (bicyclic) bond motifs is 1. The lowest BCUT2D eigenvalue weighted by Crippen LogP contribution is -2.07. The van der Waals surface area contributed by atoms with Crippen molar-refractivity contribution in [2.45, 2.75) is 38.6 Å². The van der Waals surface area contributed by atoms with Gasteiger partial charge in [-0.15, -0.1) is 0 Å². The van der Waals surface area contributed by atoms with Crippen molar-refractivity contribution in [2.24, 2.45) is 0 Å². The van der Waals surface area contributed by atoms with E-state index in [0.717, 1.165) is 18.6 Å². The van der Waals surface area contributed by atoms with E-state index in [-0.39, 0.29) is 0 Å². The van der Waals surface area contributed by atoms with E-state index in [1.165, 1.54) is 22.4 Å². The molecule has 1 aliphatic rings. The van der Waals surface area contributed by atoms with Crippen LogP contribution >= 0.6 is 0 Å². The summed E-state index contributed by atoms with van der Waals surface area (Å²) in [5.74, 6) is 1.50. The predicted octanol–water partition coefficient (Wildman–Crippen LogP) is 4.92. The normalized spacial score (nSPS) is 16.9.